The first kappa shape index (κ1) is 18.3. The summed E-state index contributed by atoms with van der Waals surface area (Å²) in [6.07, 6.45) is 1.88. The number of nitro groups is 1. The summed E-state index contributed by atoms with van der Waals surface area (Å²) in [5.41, 5.74) is 3.26. The molecule has 0 fully saturated rings. The van der Waals surface area contributed by atoms with Gasteiger partial charge in [0.05, 0.1) is 4.92 Å². The zero-order chi connectivity index (χ0) is 20.2. The first-order valence-electron chi connectivity index (χ1n) is 9.12. The predicted molar refractivity (Wildman–Crippen MR) is 111 cm³/mol. The number of nitrogens with one attached hydrogen (secondary N) is 1. The monoisotopic (exact) mass is 384 g/mol. The molecular weight excluding hydrogens is 366 g/mol. The fourth-order valence-electron chi connectivity index (χ4n) is 3.23. The van der Waals surface area contributed by atoms with Crippen molar-refractivity contribution in [2.45, 2.75) is 6.54 Å². The third-order valence-electron chi connectivity index (χ3n) is 4.65. The number of non-ortho nitro benzene ring substituents is 1. The first-order valence-corrected chi connectivity index (χ1v) is 9.12. The summed E-state index contributed by atoms with van der Waals surface area (Å²) in [5.74, 6) is -0.178. The summed E-state index contributed by atoms with van der Waals surface area (Å²) < 4.78 is 2.02. The molecule has 0 saturated carbocycles. The maximum Gasteiger partial charge on any atom is 0.269 e. The average Bonchev–Trinajstić information content (AvgIpc) is 2.75. The van der Waals surface area contributed by atoms with Crippen molar-refractivity contribution in [2.75, 3.05) is 5.32 Å². The average molecular weight is 384 g/mol. The van der Waals surface area contributed by atoms with Crippen molar-refractivity contribution in [2.24, 2.45) is 0 Å². The van der Waals surface area contributed by atoms with Crippen molar-refractivity contribution < 1.29 is 14.3 Å². The molecule has 0 spiro atoms. The van der Waals surface area contributed by atoms with Crippen LogP contribution in [0.2, 0.25) is 0 Å². The van der Waals surface area contributed by atoms with Crippen molar-refractivity contribution in [3.8, 4) is 0 Å². The lowest BCUT2D eigenvalue weighted by Crippen LogP contribution is -2.35. The lowest BCUT2D eigenvalue weighted by Gasteiger charge is -2.08. The Balaban J connectivity index is 1.67. The number of benzene rings is 3. The standard InChI is InChI=1S/C23H17N3O3/c27-23(18-6-2-1-3-7-18)24-20-14-19-8-4-5-9-22(19)25(16-20)15-17-10-12-21(13-11-17)26(28)29/h1-14,16H,15H2/p+1. The Bertz CT molecular complexity index is 1190. The fourth-order valence-corrected chi connectivity index (χ4v) is 3.23. The number of amides is 1. The molecule has 0 unspecified atom stereocenters. The molecule has 29 heavy (non-hydrogen) atoms. The van der Waals surface area contributed by atoms with Crippen molar-refractivity contribution in [1.82, 2.24) is 0 Å². The van der Waals surface area contributed by atoms with Crippen molar-refractivity contribution in [1.29, 1.82) is 0 Å². The normalized spacial score (nSPS) is 10.6. The molecule has 1 amide bonds. The summed E-state index contributed by atoms with van der Waals surface area (Å²) in [6.45, 7) is 0.521. The number of nitro benzene ring substituents is 1. The quantitative estimate of drug-likeness (QED) is 0.316. The number of anilines is 1. The van der Waals surface area contributed by atoms with Crippen molar-refractivity contribution in [3.63, 3.8) is 0 Å². The minimum absolute atomic E-state index is 0.0625. The topological polar surface area (TPSA) is 76.1 Å². The molecule has 6 nitrogen and oxygen atoms in total. The largest absolute Gasteiger partial charge is 0.317 e. The molecule has 0 aliphatic rings. The van der Waals surface area contributed by atoms with E-state index in [0.717, 1.165) is 16.5 Å². The van der Waals surface area contributed by atoms with Crippen molar-refractivity contribution in [3.05, 3.63) is 112 Å². The van der Waals surface area contributed by atoms with E-state index in [9.17, 15) is 14.9 Å². The molecule has 4 aromatic rings. The Kier molecular flexibility index (Phi) is 4.99. The van der Waals surface area contributed by atoms with E-state index in [0.29, 0.717) is 17.8 Å². The van der Waals surface area contributed by atoms with E-state index in [1.807, 2.05) is 59.3 Å². The third-order valence-corrected chi connectivity index (χ3v) is 4.65. The van der Waals surface area contributed by atoms with Gasteiger partial charge in [0.1, 0.15) is 5.69 Å². The second-order valence-electron chi connectivity index (χ2n) is 6.66. The summed E-state index contributed by atoms with van der Waals surface area (Å²) in [7, 11) is 0. The van der Waals surface area contributed by atoms with Gasteiger partial charge in [-0.3, -0.25) is 14.9 Å². The van der Waals surface area contributed by atoms with Crippen LogP contribution in [-0.2, 0) is 6.54 Å². The molecule has 0 aliphatic carbocycles. The molecule has 0 saturated heterocycles. The number of hydrogen-bond acceptors (Lipinski definition) is 3. The van der Waals surface area contributed by atoms with E-state index in [-0.39, 0.29) is 11.6 Å². The van der Waals surface area contributed by atoms with E-state index in [1.54, 1.807) is 24.3 Å². The Morgan fingerprint density at radius 1 is 0.931 bits per heavy atom. The molecule has 0 aliphatic heterocycles. The highest BCUT2D eigenvalue weighted by Crippen LogP contribution is 2.18. The van der Waals surface area contributed by atoms with Crippen LogP contribution in [0.5, 0.6) is 0 Å². The van der Waals surface area contributed by atoms with Gasteiger partial charge in [-0.05, 0) is 36.4 Å². The zero-order valence-electron chi connectivity index (χ0n) is 15.5. The number of pyridine rings is 1. The van der Waals surface area contributed by atoms with Crippen LogP contribution in [0.3, 0.4) is 0 Å². The zero-order valence-corrected chi connectivity index (χ0v) is 15.5. The highest BCUT2D eigenvalue weighted by Gasteiger charge is 2.15. The minimum atomic E-state index is -0.411. The SMILES string of the molecule is O=C(Nc1cc2ccccc2[n+](Cc2ccc([N+](=O)[O-])cc2)c1)c1ccccc1. The van der Waals surface area contributed by atoms with E-state index in [1.165, 1.54) is 12.1 Å². The number of rotatable bonds is 5. The van der Waals surface area contributed by atoms with Crippen LogP contribution in [0.4, 0.5) is 11.4 Å². The highest BCUT2D eigenvalue weighted by atomic mass is 16.6. The van der Waals surface area contributed by atoms with Gasteiger partial charge in [0.25, 0.3) is 11.6 Å². The number of para-hydroxylation sites is 1. The number of aromatic nitrogens is 1. The first-order chi connectivity index (χ1) is 14.1. The van der Waals surface area contributed by atoms with Gasteiger partial charge in [-0.15, -0.1) is 0 Å². The second-order valence-corrected chi connectivity index (χ2v) is 6.66. The van der Waals surface area contributed by atoms with Gasteiger partial charge in [-0.25, -0.2) is 0 Å². The molecule has 142 valence electrons. The fraction of sp³-hybridized carbons (Fsp3) is 0.0435. The van der Waals surface area contributed by atoms with E-state index < -0.39 is 4.92 Å². The van der Waals surface area contributed by atoms with Gasteiger partial charge in [-0.1, -0.05) is 30.3 Å². The molecule has 6 heteroatoms. The Morgan fingerprint density at radius 2 is 1.62 bits per heavy atom. The summed E-state index contributed by atoms with van der Waals surface area (Å²) in [5, 5.41) is 14.8. The number of carbonyl (C=O) groups excluding carboxylic acids is 1. The predicted octanol–water partition coefficient (Wildman–Crippen LogP) is 4.34. The van der Waals surface area contributed by atoms with E-state index in [4.69, 9.17) is 0 Å². The van der Waals surface area contributed by atoms with Crippen LogP contribution >= 0.6 is 0 Å². The molecular formula is C23H18N3O3+. The van der Waals surface area contributed by atoms with Gasteiger partial charge >= 0.3 is 0 Å². The van der Waals surface area contributed by atoms with Crippen molar-refractivity contribution >= 4 is 28.2 Å². The van der Waals surface area contributed by atoms with Crippen LogP contribution < -0.4 is 9.88 Å². The van der Waals surface area contributed by atoms with Crippen LogP contribution in [-0.4, -0.2) is 10.8 Å². The van der Waals surface area contributed by atoms with Crippen LogP contribution in [0.25, 0.3) is 10.9 Å². The lowest BCUT2D eigenvalue weighted by atomic mass is 10.1. The molecule has 1 N–H and O–H groups in total. The summed E-state index contributed by atoms with van der Waals surface area (Å²) in [6, 6.07) is 25.4. The summed E-state index contributed by atoms with van der Waals surface area (Å²) >= 11 is 0. The summed E-state index contributed by atoms with van der Waals surface area (Å²) in [4.78, 5) is 23.0. The molecule has 4 rings (SSSR count). The van der Waals surface area contributed by atoms with Crippen LogP contribution in [0.1, 0.15) is 15.9 Å². The van der Waals surface area contributed by atoms with Gasteiger partial charge in [0, 0.05) is 34.7 Å². The molecule has 0 radical (unpaired) electrons. The Labute approximate surface area is 167 Å². The van der Waals surface area contributed by atoms with E-state index >= 15 is 0 Å². The van der Waals surface area contributed by atoms with Gasteiger partial charge in [-0.2, -0.15) is 4.57 Å². The number of hydrogen-bond donors (Lipinski definition) is 1. The second kappa shape index (κ2) is 7.90. The third kappa shape index (κ3) is 4.11. The Hall–Kier alpha value is -4.06. The lowest BCUT2D eigenvalue weighted by molar-refractivity contribution is -0.661. The molecule has 1 aromatic heterocycles. The molecule has 3 aromatic carbocycles. The van der Waals surface area contributed by atoms with Crippen LogP contribution in [0.15, 0.2) is 91.1 Å². The van der Waals surface area contributed by atoms with Gasteiger partial charge in [0.15, 0.2) is 12.7 Å². The van der Waals surface area contributed by atoms with Gasteiger partial charge < -0.3 is 5.32 Å². The molecule has 0 bridgehead atoms. The molecule has 0 atom stereocenters. The Morgan fingerprint density at radius 3 is 2.34 bits per heavy atom. The minimum Gasteiger partial charge on any atom is -0.317 e. The maximum atomic E-state index is 12.5. The van der Waals surface area contributed by atoms with Gasteiger partial charge in [0.2, 0.25) is 5.52 Å². The molecule has 1 heterocycles. The number of fused-ring (bicyclic) bond motifs is 1. The smallest absolute Gasteiger partial charge is 0.269 e. The highest BCUT2D eigenvalue weighted by molar-refractivity contribution is 6.04. The maximum absolute atomic E-state index is 12.5. The van der Waals surface area contributed by atoms with E-state index in [2.05, 4.69) is 5.32 Å². The number of carbonyl (C=O) groups is 1. The number of nitrogens with zero attached hydrogens (tertiary/aromatic N) is 2. The van der Waals surface area contributed by atoms with Crippen LogP contribution in [0, 0.1) is 10.1 Å².